The molecule has 7 heteroatoms. The second kappa shape index (κ2) is 10.9. The van der Waals surface area contributed by atoms with Gasteiger partial charge in [-0.05, 0) is 85.0 Å². The lowest BCUT2D eigenvalue weighted by molar-refractivity contribution is -0.116. The van der Waals surface area contributed by atoms with Gasteiger partial charge in [0.15, 0.2) is 5.11 Å². The largest absolute Gasteiger partial charge is 0.352 e. The number of aryl methyl sites for hydroxylation is 2. The fourth-order valence-electron chi connectivity index (χ4n) is 5.48. The topological polar surface area (TPSA) is 62.2 Å². The van der Waals surface area contributed by atoms with Crippen LogP contribution in [0.1, 0.15) is 41.0 Å². The zero-order valence-corrected chi connectivity index (χ0v) is 23.4. The Kier molecular flexibility index (Phi) is 7.05. The molecule has 3 heterocycles. The van der Waals surface area contributed by atoms with Crippen LogP contribution in [-0.4, -0.2) is 32.0 Å². The predicted octanol–water partition coefficient (Wildman–Crippen LogP) is 6.64. The number of nitrogens with zero attached hydrogens (tertiary/aromatic N) is 3. The molecule has 5 aromatic rings. The minimum Gasteiger partial charge on any atom is -0.352 e. The van der Waals surface area contributed by atoms with Crippen molar-refractivity contribution in [1.29, 1.82) is 0 Å². The molecular weight excluding hydrogens is 514 g/mol. The van der Waals surface area contributed by atoms with Crippen molar-refractivity contribution in [2.24, 2.45) is 0 Å². The van der Waals surface area contributed by atoms with Crippen molar-refractivity contribution in [3.05, 3.63) is 126 Å². The summed E-state index contributed by atoms with van der Waals surface area (Å²) < 4.78 is 2.21. The summed E-state index contributed by atoms with van der Waals surface area (Å²) in [6.45, 7) is 4.72. The normalized spacial score (nSPS) is 16.8. The molecule has 3 aromatic carbocycles. The van der Waals surface area contributed by atoms with E-state index in [4.69, 9.17) is 12.2 Å². The molecule has 0 bridgehead atoms. The van der Waals surface area contributed by atoms with Gasteiger partial charge in [0.1, 0.15) is 0 Å². The first kappa shape index (κ1) is 25.8. The number of fused-ring (bicyclic) bond motifs is 1. The number of thiocarbonyl (C=S) groups is 1. The molecule has 0 spiro atoms. The quantitative estimate of drug-likeness (QED) is 0.225. The van der Waals surface area contributed by atoms with Gasteiger partial charge in [-0.3, -0.25) is 9.78 Å². The molecule has 1 aliphatic rings. The van der Waals surface area contributed by atoms with Crippen molar-refractivity contribution < 1.29 is 4.79 Å². The number of carbonyl (C=O) groups is 1. The smallest absolute Gasteiger partial charge is 0.226 e. The number of benzene rings is 3. The lowest BCUT2D eigenvalue weighted by Crippen LogP contribution is -2.33. The summed E-state index contributed by atoms with van der Waals surface area (Å²) in [5, 5.41) is 9.36. The van der Waals surface area contributed by atoms with Crippen molar-refractivity contribution in [3.8, 4) is 5.69 Å². The number of nitrogens with one attached hydrogen (secondary N) is 2. The minimum absolute atomic E-state index is 0.0521. The SMILES string of the molecule is Cc1ccc(-n2cccc2[C@@H]2[C@@H](c3ccccn3)NC(=S)N2CCC(=O)Nc2cccc3ccccc23)cc1C. The molecule has 40 heavy (non-hydrogen) atoms. The Balaban J connectivity index is 1.30. The number of aromatic nitrogens is 2. The highest BCUT2D eigenvalue weighted by molar-refractivity contribution is 7.80. The molecule has 2 aromatic heterocycles. The van der Waals surface area contributed by atoms with Gasteiger partial charge in [0.25, 0.3) is 0 Å². The third kappa shape index (κ3) is 4.96. The monoisotopic (exact) mass is 545 g/mol. The summed E-state index contributed by atoms with van der Waals surface area (Å²) >= 11 is 5.86. The zero-order valence-electron chi connectivity index (χ0n) is 22.5. The van der Waals surface area contributed by atoms with E-state index in [1.54, 1.807) is 6.20 Å². The molecule has 0 unspecified atom stereocenters. The molecule has 1 fully saturated rings. The number of rotatable bonds is 7. The van der Waals surface area contributed by atoms with Crippen LogP contribution in [0.25, 0.3) is 16.5 Å². The van der Waals surface area contributed by atoms with E-state index in [9.17, 15) is 4.79 Å². The van der Waals surface area contributed by atoms with Crippen molar-refractivity contribution >= 4 is 39.7 Å². The Morgan fingerprint density at radius 1 is 0.950 bits per heavy atom. The van der Waals surface area contributed by atoms with Crippen LogP contribution < -0.4 is 10.6 Å². The Morgan fingerprint density at radius 3 is 2.60 bits per heavy atom. The number of hydrogen-bond acceptors (Lipinski definition) is 3. The van der Waals surface area contributed by atoms with Crippen molar-refractivity contribution in [1.82, 2.24) is 19.8 Å². The van der Waals surface area contributed by atoms with Gasteiger partial charge >= 0.3 is 0 Å². The first-order valence-electron chi connectivity index (χ1n) is 13.5. The molecule has 1 saturated heterocycles. The van der Waals surface area contributed by atoms with Crippen LogP contribution in [0.2, 0.25) is 0 Å². The standard InChI is InChI=1S/C33H31N5OS/c1-22-15-16-25(21-23(22)2)37-19-8-14-29(37)32-31(28-12-5-6-18-34-28)36-33(40)38(32)20-17-30(39)35-27-13-7-10-24-9-3-4-11-26(24)27/h3-16,18-19,21,31-32H,17,20H2,1-2H3,(H,35,39)(H,36,40)/t31-,32-/m1/s1. The van der Waals surface area contributed by atoms with E-state index in [0.717, 1.165) is 33.5 Å². The van der Waals surface area contributed by atoms with Crippen molar-refractivity contribution in [2.75, 3.05) is 11.9 Å². The third-order valence-corrected chi connectivity index (χ3v) is 8.05. The van der Waals surface area contributed by atoms with Crippen LogP contribution in [-0.2, 0) is 4.79 Å². The Hall–Kier alpha value is -4.49. The summed E-state index contributed by atoms with van der Waals surface area (Å²) in [7, 11) is 0. The Labute approximate surface area is 239 Å². The molecule has 1 aliphatic heterocycles. The van der Waals surface area contributed by atoms with Gasteiger partial charge in [0.2, 0.25) is 5.91 Å². The van der Waals surface area contributed by atoms with Crippen LogP contribution in [0.4, 0.5) is 5.69 Å². The first-order valence-corrected chi connectivity index (χ1v) is 13.9. The zero-order chi connectivity index (χ0) is 27.6. The van der Waals surface area contributed by atoms with E-state index < -0.39 is 0 Å². The lowest BCUT2D eigenvalue weighted by Gasteiger charge is -2.29. The fraction of sp³-hybridized carbons (Fsp3) is 0.182. The van der Waals surface area contributed by atoms with Crippen molar-refractivity contribution in [3.63, 3.8) is 0 Å². The molecular formula is C33H31N5OS. The summed E-state index contributed by atoms with van der Waals surface area (Å²) in [5.41, 5.74) is 6.39. The highest BCUT2D eigenvalue weighted by atomic mass is 32.1. The fourth-order valence-corrected chi connectivity index (χ4v) is 5.81. The number of amides is 1. The van der Waals surface area contributed by atoms with Gasteiger partial charge in [0.05, 0.1) is 17.8 Å². The maximum absolute atomic E-state index is 13.2. The van der Waals surface area contributed by atoms with E-state index in [-0.39, 0.29) is 18.0 Å². The van der Waals surface area contributed by atoms with Crippen LogP contribution in [0.15, 0.2) is 103 Å². The lowest BCUT2D eigenvalue weighted by atomic mass is 10.0. The summed E-state index contributed by atoms with van der Waals surface area (Å²) in [6, 6.07) is 30.3. The third-order valence-electron chi connectivity index (χ3n) is 7.69. The summed E-state index contributed by atoms with van der Waals surface area (Å²) in [5.74, 6) is -0.0521. The average Bonchev–Trinajstić information content (AvgIpc) is 3.58. The maximum Gasteiger partial charge on any atom is 0.226 e. The van der Waals surface area contributed by atoms with Gasteiger partial charge in [-0.15, -0.1) is 0 Å². The van der Waals surface area contributed by atoms with Gasteiger partial charge in [-0.1, -0.05) is 48.5 Å². The van der Waals surface area contributed by atoms with E-state index in [2.05, 4.69) is 75.5 Å². The summed E-state index contributed by atoms with van der Waals surface area (Å²) in [4.78, 5) is 20.0. The van der Waals surface area contributed by atoms with E-state index in [1.165, 1.54) is 11.1 Å². The van der Waals surface area contributed by atoms with Gasteiger partial charge in [-0.2, -0.15) is 0 Å². The van der Waals surface area contributed by atoms with Gasteiger partial charge in [0, 0.05) is 47.8 Å². The molecule has 2 atom stereocenters. The molecule has 6 rings (SSSR count). The van der Waals surface area contributed by atoms with Crippen LogP contribution >= 0.6 is 12.2 Å². The van der Waals surface area contributed by atoms with Gasteiger partial charge < -0.3 is 20.1 Å². The molecule has 200 valence electrons. The number of hydrogen-bond donors (Lipinski definition) is 2. The average molecular weight is 546 g/mol. The van der Waals surface area contributed by atoms with Gasteiger partial charge in [-0.25, -0.2) is 0 Å². The molecule has 0 saturated carbocycles. The highest BCUT2D eigenvalue weighted by Crippen LogP contribution is 2.39. The molecule has 0 aliphatic carbocycles. The van der Waals surface area contributed by atoms with E-state index >= 15 is 0 Å². The molecule has 2 N–H and O–H groups in total. The number of carbonyl (C=O) groups excluding carboxylic acids is 1. The van der Waals surface area contributed by atoms with Crippen LogP contribution in [0, 0.1) is 13.8 Å². The highest BCUT2D eigenvalue weighted by Gasteiger charge is 2.41. The van der Waals surface area contributed by atoms with Crippen molar-refractivity contribution in [2.45, 2.75) is 32.4 Å². The van der Waals surface area contributed by atoms with E-state index in [1.807, 2.05) is 60.7 Å². The Morgan fingerprint density at radius 2 is 1.77 bits per heavy atom. The molecule has 0 radical (unpaired) electrons. The van der Waals surface area contributed by atoms with Crippen LogP contribution in [0.3, 0.4) is 0 Å². The van der Waals surface area contributed by atoms with Crippen LogP contribution in [0.5, 0.6) is 0 Å². The number of anilines is 1. The van der Waals surface area contributed by atoms with E-state index in [0.29, 0.717) is 18.1 Å². The number of pyridine rings is 1. The molecule has 1 amide bonds. The first-order chi connectivity index (χ1) is 19.5. The molecule has 6 nitrogen and oxygen atoms in total. The maximum atomic E-state index is 13.2. The summed E-state index contributed by atoms with van der Waals surface area (Å²) in [6.07, 6.45) is 4.18. The second-order valence-corrected chi connectivity index (χ2v) is 10.6. The second-order valence-electron chi connectivity index (χ2n) is 10.2. The minimum atomic E-state index is -0.157. The Bertz CT molecular complexity index is 1690. The predicted molar refractivity (Wildman–Crippen MR) is 165 cm³/mol.